The predicted octanol–water partition coefficient (Wildman–Crippen LogP) is 2.74. The molecule has 0 aromatic carbocycles. The predicted molar refractivity (Wildman–Crippen MR) is 55.9 cm³/mol. The molecular weight excluding hydrogens is 164 g/mol. The highest BCUT2D eigenvalue weighted by molar-refractivity contribution is 4.66. The quantitative estimate of drug-likeness (QED) is 0.738. The molecule has 80 valence electrons. The summed E-state index contributed by atoms with van der Waals surface area (Å²) in [5.41, 5.74) is 0. The van der Waals surface area contributed by atoms with Gasteiger partial charge in [0.05, 0.1) is 12.2 Å². The highest BCUT2D eigenvalue weighted by Gasteiger charge is 2.15. The van der Waals surface area contributed by atoms with E-state index in [1.807, 2.05) is 0 Å². The van der Waals surface area contributed by atoms with Crippen LogP contribution in [0.5, 0.6) is 0 Å². The standard InChI is InChI=1S/C10H20O.CH4O/c1-3-9(2)11-10-7-5-4-6-8-10;1-2/h9-10H,3-8H2,1-2H3;2H,1H3. The summed E-state index contributed by atoms with van der Waals surface area (Å²) in [5, 5.41) is 7.00. The number of hydrogen-bond acceptors (Lipinski definition) is 2. The first-order valence-corrected chi connectivity index (χ1v) is 5.43. The number of hydrogen-bond donors (Lipinski definition) is 1. The second kappa shape index (κ2) is 8.52. The number of rotatable bonds is 3. The van der Waals surface area contributed by atoms with Gasteiger partial charge in [-0.15, -0.1) is 0 Å². The minimum absolute atomic E-state index is 0.470. The smallest absolute Gasteiger partial charge is 0.0578 e. The third kappa shape index (κ3) is 6.05. The molecule has 1 aliphatic carbocycles. The van der Waals surface area contributed by atoms with Crippen molar-refractivity contribution in [2.45, 2.75) is 64.6 Å². The van der Waals surface area contributed by atoms with Gasteiger partial charge >= 0.3 is 0 Å². The van der Waals surface area contributed by atoms with Gasteiger partial charge in [-0.2, -0.15) is 0 Å². The first kappa shape index (κ1) is 12.9. The lowest BCUT2D eigenvalue weighted by Crippen LogP contribution is -2.21. The molecule has 0 aliphatic heterocycles. The van der Waals surface area contributed by atoms with E-state index >= 15 is 0 Å². The van der Waals surface area contributed by atoms with Crippen LogP contribution in [0, 0.1) is 0 Å². The summed E-state index contributed by atoms with van der Waals surface area (Å²) in [7, 11) is 1.00. The van der Waals surface area contributed by atoms with E-state index in [2.05, 4.69) is 13.8 Å². The van der Waals surface area contributed by atoms with Crippen molar-refractivity contribution in [2.75, 3.05) is 7.11 Å². The van der Waals surface area contributed by atoms with E-state index in [-0.39, 0.29) is 0 Å². The molecule has 0 aromatic rings. The lowest BCUT2D eigenvalue weighted by molar-refractivity contribution is -0.0220. The van der Waals surface area contributed by atoms with Crippen LogP contribution in [0.1, 0.15) is 52.4 Å². The second-order valence-electron chi connectivity index (χ2n) is 3.61. The molecule has 13 heavy (non-hydrogen) atoms. The topological polar surface area (TPSA) is 29.5 Å². The Hall–Kier alpha value is -0.0800. The fourth-order valence-electron chi connectivity index (χ4n) is 1.63. The molecule has 0 spiro atoms. The lowest BCUT2D eigenvalue weighted by Gasteiger charge is -2.25. The van der Waals surface area contributed by atoms with Crippen LogP contribution >= 0.6 is 0 Å². The normalized spacial score (nSPS) is 20.3. The van der Waals surface area contributed by atoms with Gasteiger partial charge in [0.1, 0.15) is 0 Å². The SMILES string of the molecule is CCC(C)OC1CCCCC1.CO. The molecule has 0 heterocycles. The van der Waals surface area contributed by atoms with Crippen molar-refractivity contribution < 1.29 is 9.84 Å². The van der Waals surface area contributed by atoms with Crippen molar-refractivity contribution in [2.24, 2.45) is 0 Å². The summed E-state index contributed by atoms with van der Waals surface area (Å²) in [4.78, 5) is 0. The Balaban J connectivity index is 0.000000671. The first-order chi connectivity index (χ1) is 6.33. The second-order valence-corrected chi connectivity index (χ2v) is 3.61. The molecule has 2 heteroatoms. The van der Waals surface area contributed by atoms with Gasteiger partial charge in [-0.3, -0.25) is 0 Å². The van der Waals surface area contributed by atoms with E-state index < -0.39 is 0 Å². The Kier molecular flexibility index (Phi) is 8.46. The molecule has 1 saturated carbocycles. The highest BCUT2D eigenvalue weighted by Crippen LogP contribution is 2.21. The van der Waals surface area contributed by atoms with Gasteiger partial charge in [-0.1, -0.05) is 26.2 Å². The largest absolute Gasteiger partial charge is 0.400 e. The fourth-order valence-corrected chi connectivity index (χ4v) is 1.63. The lowest BCUT2D eigenvalue weighted by atomic mass is 9.97. The van der Waals surface area contributed by atoms with Gasteiger partial charge in [0.25, 0.3) is 0 Å². The van der Waals surface area contributed by atoms with Crippen LogP contribution < -0.4 is 0 Å². The van der Waals surface area contributed by atoms with E-state index in [1.54, 1.807) is 0 Å². The van der Waals surface area contributed by atoms with E-state index in [0.717, 1.165) is 13.5 Å². The molecule has 0 amide bonds. The van der Waals surface area contributed by atoms with Gasteiger partial charge in [-0.25, -0.2) is 0 Å². The monoisotopic (exact) mass is 188 g/mol. The van der Waals surface area contributed by atoms with Crippen molar-refractivity contribution >= 4 is 0 Å². The minimum atomic E-state index is 0.470. The van der Waals surface area contributed by atoms with E-state index in [1.165, 1.54) is 32.1 Å². The molecule has 2 nitrogen and oxygen atoms in total. The molecule has 0 radical (unpaired) electrons. The molecule has 0 saturated heterocycles. The average molecular weight is 188 g/mol. The maximum atomic E-state index is 7.00. The molecule has 0 aromatic heterocycles. The Morgan fingerprint density at radius 2 is 1.77 bits per heavy atom. The average Bonchev–Trinajstić information content (AvgIpc) is 2.22. The Bertz CT molecular complexity index is 98.3. The molecule has 1 rings (SSSR count). The van der Waals surface area contributed by atoms with Gasteiger partial charge in [-0.05, 0) is 26.2 Å². The van der Waals surface area contributed by atoms with E-state index in [4.69, 9.17) is 9.84 Å². The number of ether oxygens (including phenoxy) is 1. The summed E-state index contributed by atoms with van der Waals surface area (Å²) in [5.74, 6) is 0. The third-order valence-corrected chi connectivity index (χ3v) is 2.55. The third-order valence-electron chi connectivity index (χ3n) is 2.55. The van der Waals surface area contributed by atoms with E-state index in [9.17, 15) is 0 Å². The van der Waals surface area contributed by atoms with Crippen LogP contribution in [0.4, 0.5) is 0 Å². The van der Waals surface area contributed by atoms with Crippen LogP contribution in [-0.4, -0.2) is 24.4 Å². The van der Waals surface area contributed by atoms with Gasteiger partial charge in [0.2, 0.25) is 0 Å². The summed E-state index contributed by atoms with van der Waals surface area (Å²) in [6, 6.07) is 0. The molecule has 1 fully saturated rings. The Morgan fingerprint density at radius 1 is 1.23 bits per heavy atom. The minimum Gasteiger partial charge on any atom is -0.400 e. The van der Waals surface area contributed by atoms with Gasteiger partial charge in [0.15, 0.2) is 0 Å². The molecule has 0 bridgehead atoms. The Morgan fingerprint density at radius 3 is 2.23 bits per heavy atom. The van der Waals surface area contributed by atoms with Crippen LogP contribution in [0.3, 0.4) is 0 Å². The summed E-state index contributed by atoms with van der Waals surface area (Å²) < 4.78 is 5.84. The maximum Gasteiger partial charge on any atom is 0.0578 e. The van der Waals surface area contributed by atoms with Crippen molar-refractivity contribution in [3.63, 3.8) is 0 Å². The van der Waals surface area contributed by atoms with Crippen molar-refractivity contribution in [1.29, 1.82) is 0 Å². The Labute approximate surface area is 82.3 Å². The van der Waals surface area contributed by atoms with Crippen LogP contribution in [0.15, 0.2) is 0 Å². The first-order valence-electron chi connectivity index (χ1n) is 5.43. The van der Waals surface area contributed by atoms with Crippen molar-refractivity contribution in [3.05, 3.63) is 0 Å². The molecule has 1 unspecified atom stereocenters. The van der Waals surface area contributed by atoms with Crippen molar-refractivity contribution in [1.82, 2.24) is 0 Å². The molecular formula is C11H24O2. The zero-order chi connectivity index (χ0) is 10.1. The number of aliphatic hydroxyl groups excluding tert-OH is 1. The van der Waals surface area contributed by atoms with Crippen LogP contribution in [-0.2, 0) is 4.74 Å². The number of aliphatic hydroxyl groups is 1. The van der Waals surface area contributed by atoms with Crippen LogP contribution in [0.25, 0.3) is 0 Å². The molecule has 1 N–H and O–H groups in total. The summed E-state index contributed by atoms with van der Waals surface area (Å²) >= 11 is 0. The van der Waals surface area contributed by atoms with Crippen molar-refractivity contribution in [3.8, 4) is 0 Å². The molecule has 1 atom stereocenters. The van der Waals surface area contributed by atoms with E-state index in [0.29, 0.717) is 12.2 Å². The van der Waals surface area contributed by atoms with Crippen LogP contribution in [0.2, 0.25) is 0 Å². The fraction of sp³-hybridized carbons (Fsp3) is 1.00. The molecule has 1 aliphatic rings. The zero-order valence-electron chi connectivity index (χ0n) is 9.25. The highest BCUT2D eigenvalue weighted by atomic mass is 16.5. The van der Waals surface area contributed by atoms with Gasteiger partial charge in [0, 0.05) is 7.11 Å². The summed E-state index contributed by atoms with van der Waals surface area (Å²) in [6.45, 7) is 4.36. The zero-order valence-corrected chi connectivity index (χ0v) is 9.25. The maximum absolute atomic E-state index is 7.00. The summed E-state index contributed by atoms with van der Waals surface area (Å²) in [6.07, 6.45) is 8.96. The van der Waals surface area contributed by atoms with Gasteiger partial charge < -0.3 is 9.84 Å².